The molecular formula is C16H14ClFO. The molecule has 0 N–H and O–H groups in total. The van der Waals surface area contributed by atoms with Crippen molar-refractivity contribution in [1.29, 1.82) is 0 Å². The van der Waals surface area contributed by atoms with Crippen LogP contribution in [0.4, 0.5) is 4.39 Å². The maximum Gasteiger partial charge on any atom is 0.197 e. The molecule has 0 aliphatic heterocycles. The largest absolute Gasteiger partial charge is 0.288 e. The average molecular weight is 277 g/mol. The minimum absolute atomic E-state index is 0.0626. The zero-order valence-corrected chi connectivity index (χ0v) is 11.4. The van der Waals surface area contributed by atoms with Gasteiger partial charge in [0.25, 0.3) is 0 Å². The minimum Gasteiger partial charge on any atom is -0.288 e. The molecule has 0 amide bonds. The lowest BCUT2D eigenvalue weighted by atomic mass is 10.0. The van der Waals surface area contributed by atoms with Crippen LogP contribution in [0.15, 0.2) is 42.5 Å². The predicted octanol–water partition coefficient (Wildman–Crippen LogP) is 4.66. The minimum atomic E-state index is -0.588. The maximum atomic E-state index is 13.7. The van der Waals surface area contributed by atoms with E-state index in [1.807, 2.05) is 12.1 Å². The lowest BCUT2D eigenvalue weighted by Gasteiger charge is -2.06. The Morgan fingerprint density at radius 2 is 1.84 bits per heavy atom. The third kappa shape index (κ3) is 3.02. The van der Waals surface area contributed by atoms with Gasteiger partial charge in [-0.1, -0.05) is 55.3 Å². The Morgan fingerprint density at radius 3 is 2.42 bits per heavy atom. The van der Waals surface area contributed by atoms with Crippen LogP contribution in [0.5, 0.6) is 0 Å². The summed E-state index contributed by atoms with van der Waals surface area (Å²) >= 11 is 5.89. The molecule has 0 heterocycles. The van der Waals surface area contributed by atoms with Gasteiger partial charge in [0.1, 0.15) is 5.82 Å². The van der Waals surface area contributed by atoms with Crippen molar-refractivity contribution in [1.82, 2.24) is 0 Å². The van der Waals surface area contributed by atoms with E-state index in [4.69, 9.17) is 11.6 Å². The number of hydrogen-bond acceptors (Lipinski definition) is 1. The SMILES string of the molecule is CCCc1ccc(C(=O)c2c(F)cccc2Cl)cc1. The summed E-state index contributed by atoms with van der Waals surface area (Å²) in [7, 11) is 0. The fraction of sp³-hybridized carbons (Fsp3) is 0.188. The second-order valence-corrected chi connectivity index (χ2v) is 4.78. The van der Waals surface area contributed by atoms with Gasteiger partial charge >= 0.3 is 0 Å². The standard InChI is InChI=1S/C16H14ClFO/c1-2-4-11-7-9-12(10-8-11)16(19)15-13(17)5-3-6-14(15)18/h3,5-10H,2,4H2,1H3. The van der Waals surface area contributed by atoms with Crippen LogP contribution in [-0.4, -0.2) is 5.78 Å². The van der Waals surface area contributed by atoms with Gasteiger partial charge in [0.05, 0.1) is 10.6 Å². The monoisotopic (exact) mass is 276 g/mol. The van der Waals surface area contributed by atoms with Crippen LogP contribution in [0.25, 0.3) is 0 Å². The summed E-state index contributed by atoms with van der Waals surface area (Å²) in [6.45, 7) is 2.10. The lowest BCUT2D eigenvalue weighted by Crippen LogP contribution is -2.05. The molecule has 1 nitrogen and oxygen atoms in total. The number of ketones is 1. The quantitative estimate of drug-likeness (QED) is 0.742. The summed E-state index contributed by atoms with van der Waals surface area (Å²) in [5.74, 6) is -0.971. The summed E-state index contributed by atoms with van der Waals surface area (Å²) in [4.78, 5) is 12.2. The van der Waals surface area contributed by atoms with E-state index in [9.17, 15) is 9.18 Å². The van der Waals surface area contributed by atoms with Gasteiger partial charge in [-0.05, 0) is 24.1 Å². The highest BCUT2D eigenvalue weighted by molar-refractivity contribution is 6.35. The summed E-state index contributed by atoms with van der Waals surface area (Å²) < 4.78 is 13.7. The first-order valence-corrected chi connectivity index (χ1v) is 6.59. The molecule has 2 rings (SSSR count). The molecule has 0 spiro atoms. The molecule has 3 heteroatoms. The maximum absolute atomic E-state index is 13.7. The topological polar surface area (TPSA) is 17.1 Å². The third-order valence-electron chi connectivity index (χ3n) is 2.94. The first kappa shape index (κ1) is 13.8. The number of carbonyl (C=O) groups excluding carboxylic acids is 1. The van der Waals surface area contributed by atoms with Crippen LogP contribution in [0.2, 0.25) is 5.02 Å². The van der Waals surface area contributed by atoms with Crippen LogP contribution in [-0.2, 0) is 6.42 Å². The van der Waals surface area contributed by atoms with Crippen molar-refractivity contribution in [3.8, 4) is 0 Å². The molecule has 0 aliphatic carbocycles. The molecule has 0 radical (unpaired) electrons. The van der Waals surface area contributed by atoms with Gasteiger partial charge in [0.15, 0.2) is 5.78 Å². The Labute approximate surface area is 117 Å². The molecule has 98 valence electrons. The van der Waals surface area contributed by atoms with E-state index < -0.39 is 5.82 Å². The van der Waals surface area contributed by atoms with Crippen molar-refractivity contribution in [3.63, 3.8) is 0 Å². The number of rotatable bonds is 4. The summed E-state index contributed by atoms with van der Waals surface area (Å²) in [6, 6.07) is 11.5. The summed E-state index contributed by atoms with van der Waals surface area (Å²) in [6.07, 6.45) is 2.02. The number of hydrogen-bond donors (Lipinski definition) is 0. The molecule has 2 aromatic carbocycles. The predicted molar refractivity (Wildman–Crippen MR) is 75.3 cm³/mol. The molecule has 0 atom stereocenters. The normalized spacial score (nSPS) is 10.5. The molecule has 0 aliphatic rings. The van der Waals surface area contributed by atoms with E-state index in [-0.39, 0.29) is 16.4 Å². The first-order chi connectivity index (χ1) is 9.13. The zero-order valence-electron chi connectivity index (χ0n) is 10.6. The first-order valence-electron chi connectivity index (χ1n) is 6.21. The number of carbonyl (C=O) groups is 1. The van der Waals surface area contributed by atoms with Gasteiger partial charge < -0.3 is 0 Å². The van der Waals surface area contributed by atoms with Crippen molar-refractivity contribution in [3.05, 3.63) is 70.0 Å². The van der Waals surface area contributed by atoms with E-state index in [0.29, 0.717) is 5.56 Å². The Balaban J connectivity index is 2.34. The van der Waals surface area contributed by atoms with E-state index in [1.54, 1.807) is 12.1 Å². The number of halogens is 2. The molecule has 0 aromatic heterocycles. The molecule has 0 fully saturated rings. The van der Waals surface area contributed by atoms with Gasteiger partial charge in [-0.3, -0.25) is 4.79 Å². The van der Waals surface area contributed by atoms with Crippen LogP contribution in [0, 0.1) is 5.82 Å². The molecule has 0 saturated carbocycles. The van der Waals surface area contributed by atoms with E-state index >= 15 is 0 Å². The van der Waals surface area contributed by atoms with Crippen molar-refractivity contribution in [2.24, 2.45) is 0 Å². The van der Waals surface area contributed by atoms with Crippen molar-refractivity contribution >= 4 is 17.4 Å². The second kappa shape index (κ2) is 5.98. The van der Waals surface area contributed by atoms with Gasteiger partial charge in [-0.2, -0.15) is 0 Å². The highest BCUT2D eigenvalue weighted by atomic mass is 35.5. The summed E-state index contributed by atoms with van der Waals surface area (Å²) in [5.41, 5.74) is 1.55. The third-order valence-corrected chi connectivity index (χ3v) is 3.26. The molecular weight excluding hydrogens is 263 g/mol. The Kier molecular flexibility index (Phi) is 4.33. The lowest BCUT2D eigenvalue weighted by molar-refractivity contribution is 0.103. The Hall–Kier alpha value is -1.67. The van der Waals surface area contributed by atoms with Gasteiger partial charge in [0.2, 0.25) is 0 Å². The molecule has 0 unspecified atom stereocenters. The zero-order chi connectivity index (χ0) is 13.8. The molecule has 0 saturated heterocycles. The number of benzene rings is 2. The summed E-state index contributed by atoms with van der Waals surface area (Å²) in [5, 5.41) is 0.141. The molecule has 0 bridgehead atoms. The average Bonchev–Trinajstić information content (AvgIpc) is 2.39. The number of aryl methyl sites for hydroxylation is 1. The van der Waals surface area contributed by atoms with E-state index in [0.717, 1.165) is 12.8 Å². The van der Waals surface area contributed by atoms with Crippen molar-refractivity contribution in [2.75, 3.05) is 0 Å². The van der Waals surface area contributed by atoms with Crippen molar-refractivity contribution in [2.45, 2.75) is 19.8 Å². The van der Waals surface area contributed by atoms with E-state index in [1.165, 1.54) is 23.8 Å². The van der Waals surface area contributed by atoms with E-state index in [2.05, 4.69) is 6.92 Å². The highest BCUT2D eigenvalue weighted by Gasteiger charge is 2.17. The van der Waals surface area contributed by atoms with Crippen LogP contribution >= 0.6 is 11.6 Å². The highest BCUT2D eigenvalue weighted by Crippen LogP contribution is 2.22. The second-order valence-electron chi connectivity index (χ2n) is 4.37. The van der Waals surface area contributed by atoms with Crippen LogP contribution < -0.4 is 0 Å². The smallest absolute Gasteiger partial charge is 0.197 e. The van der Waals surface area contributed by atoms with Crippen LogP contribution in [0.1, 0.15) is 34.8 Å². The Morgan fingerprint density at radius 1 is 1.16 bits per heavy atom. The Bertz CT molecular complexity index is 570. The van der Waals surface area contributed by atoms with Crippen molar-refractivity contribution < 1.29 is 9.18 Å². The van der Waals surface area contributed by atoms with Gasteiger partial charge in [-0.25, -0.2) is 4.39 Å². The molecule has 2 aromatic rings. The van der Waals surface area contributed by atoms with Gasteiger partial charge in [0, 0.05) is 5.56 Å². The van der Waals surface area contributed by atoms with Gasteiger partial charge in [-0.15, -0.1) is 0 Å². The molecule has 19 heavy (non-hydrogen) atoms. The van der Waals surface area contributed by atoms with Crippen LogP contribution in [0.3, 0.4) is 0 Å². The fourth-order valence-electron chi connectivity index (χ4n) is 1.97. The fourth-order valence-corrected chi connectivity index (χ4v) is 2.22.